The van der Waals surface area contributed by atoms with E-state index in [1.165, 1.54) is 5.56 Å². The summed E-state index contributed by atoms with van der Waals surface area (Å²) in [7, 11) is 0. The number of piperidine rings is 1. The summed E-state index contributed by atoms with van der Waals surface area (Å²) in [5.41, 5.74) is 1.27. The zero-order chi connectivity index (χ0) is 16.1. The molecule has 1 aromatic heterocycles. The number of amides is 1. The summed E-state index contributed by atoms with van der Waals surface area (Å²) in [6.45, 7) is 3.80. The number of rotatable bonds is 5. The lowest BCUT2D eigenvalue weighted by Crippen LogP contribution is -2.40. The number of hydrogen-bond acceptors (Lipinski definition) is 3. The number of anilines is 1. The molecule has 1 aromatic carbocycles. The number of carbonyl (C=O) groups excluding carboxylic acids is 1. The van der Waals surface area contributed by atoms with E-state index in [1.54, 1.807) is 6.20 Å². The normalized spacial score (nSPS) is 20.2. The molecule has 0 saturated carbocycles. The maximum atomic E-state index is 12.5. The Bertz CT molecular complexity index is 643. The van der Waals surface area contributed by atoms with Crippen molar-refractivity contribution < 1.29 is 4.79 Å². The topological polar surface area (TPSA) is 59.0 Å². The third-order valence-electron chi connectivity index (χ3n) is 4.42. The highest BCUT2D eigenvalue weighted by molar-refractivity contribution is 5.91. The van der Waals surface area contributed by atoms with Crippen LogP contribution in [0.1, 0.15) is 25.3 Å². The Labute approximate surface area is 149 Å². The summed E-state index contributed by atoms with van der Waals surface area (Å²) in [5.74, 6) is 0.987. The fourth-order valence-corrected chi connectivity index (χ4v) is 3.10. The molecule has 3 rings (SSSR count). The molecule has 1 aliphatic heterocycles. The predicted octanol–water partition coefficient (Wildman–Crippen LogP) is 2.87. The summed E-state index contributed by atoms with van der Waals surface area (Å²) in [4.78, 5) is 12.5. The number of halogens is 1. The van der Waals surface area contributed by atoms with Crippen molar-refractivity contribution in [1.82, 2.24) is 15.1 Å². The third kappa shape index (κ3) is 4.82. The minimum Gasteiger partial charge on any atom is -0.314 e. The Balaban J connectivity index is 0.00000208. The summed E-state index contributed by atoms with van der Waals surface area (Å²) in [5, 5.41) is 10.8. The Morgan fingerprint density at radius 3 is 2.88 bits per heavy atom. The fraction of sp³-hybridized carbons (Fsp3) is 0.444. The van der Waals surface area contributed by atoms with E-state index in [4.69, 9.17) is 0 Å². The number of carbonyl (C=O) groups is 1. The monoisotopic (exact) mass is 348 g/mol. The molecular weight excluding hydrogens is 324 g/mol. The Morgan fingerprint density at radius 2 is 2.12 bits per heavy atom. The van der Waals surface area contributed by atoms with Crippen molar-refractivity contribution >= 4 is 24.1 Å². The number of nitrogens with one attached hydrogen (secondary N) is 2. The average Bonchev–Trinajstić information content (AvgIpc) is 3.01. The van der Waals surface area contributed by atoms with Crippen LogP contribution in [-0.2, 0) is 17.8 Å². The first-order chi connectivity index (χ1) is 11.2. The minimum absolute atomic E-state index is 0. The van der Waals surface area contributed by atoms with Crippen LogP contribution in [0.4, 0.5) is 5.82 Å². The predicted molar refractivity (Wildman–Crippen MR) is 98.4 cm³/mol. The summed E-state index contributed by atoms with van der Waals surface area (Å²) in [6, 6.07) is 12.6. The Morgan fingerprint density at radius 1 is 1.33 bits per heavy atom. The molecule has 2 aromatic rings. The lowest BCUT2D eigenvalue weighted by molar-refractivity contribution is -0.120. The van der Waals surface area contributed by atoms with Crippen molar-refractivity contribution in [2.75, 3.05) is 11.9 Å². The van der Waals surface area contributed by atoms with Gasteiger partial charge in [-0.15, -0.1) is 12.4 Å². The highest BCUT2D eigenvalue weighted by atomic mass is 35.5. The average molecular weight is 349 g/mol. The van der Waals surface area contributed by atoms with Crippen LogP contribution < -0.4 is 10.6 Å². The van der Waals surface area contributed by atoms with Crippen molar-refractivity contribution in [3.8, 4) is 0 Å². The van der Waals surface area contributed by atoms with E-state index >= 15 is 0 Å². The smallest absolute Gasteiger partial charge is 0.228 e. The molecule has 0 radical (unpaired) electrons. The minimum atomic E-state index is 0. The van der Waals surface area contributed by atoms with Crippen molar-refractivity contribution in [2.45, 2.75) is 38.8 Å². The van der Waals surface area contributed by atoms with Gasteiger partial charge < -0.3 is 10.6 Å². The summed E-state index contributed by atoms with van der Waals surface area (Å²) >= 11 is 0. The first-order valence-electron chi connectivity index (χ1n) is 8.32. The van der Waals surface area contributed by atoms with Gasteiger partial charge in [-0.1, -0.05) is 30.3 Å². The molecule has 1 aliphatic rings. The molecule has 2 heterocycles. The lowest BCUT2D eigenvalue weighted by Gasteiger charge is -2.27. The van der Waals surface area contributed by atoms with Gasteiger partial charge in [0, 0.05) is 24.6 Å². The van der Waals surface area contributed by atoms with E-state index < -0.39 is 0 Å². The van der Waals surface area contributed by atoms with Gasteiger partial charge >= 0.3 is 0 Å². The Kier molecular flexibility index (Phi) is 6.82. The van der Waals surface area contributed by atoms with Crippen LogP contribution >= 0.6 is 12.4 Å². The van der Waals surface area contributed by atoms with Gasteiger partial charge in [0.25, 0.3) is 0 Å². The number of aromatic nitrogens is 2. The molecule has 1 fully saturated rings. The molecule has 0 spiro atoms. The maximum absolute atomic E-state index is 12.5. The van der Waals surface area contributed by atoms with Crippen molar-refractivity contribution in [1.29, 1.82) is 0 Å². The van der Waals surface area contributed by atoms with Gasteiger partial charge in [-0.05, 0) is 38.3 Å². The van der Waals surface area contributed by atoms with Gasteiger partial charge in [-0.2, -0.15) is 5.10 Å². The van der Waals surface area contributed by atoms with E-state index in [-0.39, 0.29) is 24.2 Å². The molecule has 1 amide bonds. The largest absolute Gasteiger partial charge is 0.314 e. The second kappa shape index (κ2) is 8.85. The molecule has 0 bridgehead atoms. The highest BCUT2D eigenvalue weighted by Gasteiger charge is 2.25. The van der Waals surface area contributed by atoms with Crippen molar-refractivity contribution in [3.63, 3.8) is 0 Å². The fourth-order valence-electron chi connectivity index (χ4n) is 3.10. The van der Waals surface area contributed by atoms with Crippen molar-refractivity contribution in [3.05, 3.63) is 48.2 Å². The molecule has 130 valence electrons. The lowest BCUT2D eigenvalue weighted by atomic mass is 9.92. The van der Waals surface area contributed by atoms with E-state index in [1.807, 2.05) is 28.9 Å². The van der Waals surface area contributed by atoms with Gasteiger partial charge in [-0.25, -0.2) is 4.68 Å². The number of aryl methyl sites for hydroxylation is 2. The molecule has 6 heteroatoms. The van der Waals surface area contributed by atoms with Crippen LogP contribution in [0.2, 0.25) is 0 Å². The van der Waals surface area contributed by atoms with Gasteiger partial charge in [0.2, 0.25) is 5.91 Å². The zero-order valence-electron chi connectivity index (χ0n) is 13.9. The van der Waals surface area contributed by atoms with Crippen LogP contribution in [0.15, 0.2) is 42.6 Å². The summed E-state index contributed by atoms with van der Waals surface area (Å²) < 4.78 is 1.87. The van der Waals surface area contributed by atoms with Gasteiger partial charge in [0.05, 0.1) is 6.20 Å². The van der Waals surface area contributed by atoms with Crippen molar-refractivity contribution in [2.24, 2.45) is 5.92 Å². The number of benzene rings is 1. The zero-order valence-corrected chi connectivity index (χ0v) is 14.8. The van der Waals surface area contributed by atoms with Crippen LogP contribution in [0.25, 0.3) is 0 Å². The van der Waals surface area contributed by atoms with Gasteiger partial charge in [-0.3, -0.25) is 4.79 Å². The van der Waals surface area contributed by atoms with E-state index in [0.29, 0.717) is 6.04 Å². The third-order valence-corrected chi connectivity index (χ3v) is 4.42. The SMILES string of the molecule is C[C@H]1C[C@@H](C(=O)Nc2ccnn2CCc2ccccc2)CCN1.Cl. The summed E-state index contributed by atoms with van der Waals surface area (Å²) in [6.07, 6.45) is 4.43. The van der Waals surface area contributed by atoms with Crippen LogP contribution in [0.5, 0.6) is 0 Å². The molecule has 1 saturated heterocycles. The number of hydrogen-bond donors (Lipinski definition) is 2. The second-order valence-corrected chi connectivity index (χ2v) is 6.24. The van der Waals surface area contributed by atoms with E-state index in [2.05, 4.69) is 34.8 Å². The van der Waals surface area contributed by atoms with Crippen LogP contribution in [0, 0.1) is 5.92 Å². The highest BCUT2D eigenvalue weighted by Crippen LogP contribution is 2.18. The first kappa shape index (κ1) is 18.5. The number of nitrogens with zero attached hydrogens (tertiary/aromatic N) is 2. The molecule has 2 atom stereocenters. The Hall–Kier alpha value is -1.85. The van der Waals surface area contributed by atoms with E-state index in [0.717, 1.165) is 38.2 Å². The maximum Gasteiger partial charge on any atom is 0.228 e. The quantitative estimate of drug-likeness (QED) is 0.873. The van der Waals surface area contributed by atoms with Gasteiger partial charge in [0.1, 0.15) is 5.82 Å². The first-order valence-corrected chi connectivity index (χ1v) is 8.32. The molecule has 0 unspecified atom stereocenters. The molecular formula is C18H25ClN4O. The van der Waals surface area contributed by atoms with Crippen LogP contribution in [-0.4, -0.2) is 28.3 Å². The van der Waals surface area contributed by atoms with E-state index in [9.17, 15) is 4.79 Å². The second-order valence-electron chi connectivity index (χ2n) is 6.24. The molecule has 0 aliphatic carbocycles. The molecule has 5 nitrogen and oxygen atoms in total. The van der Waals surface area contributed by atoms with Crippen LogP contribution in [0.3, 0.4) is 0 Å². The molecule has 24 heavy (non-hydrogen) atoms. The van der Waals surface area contributed by atoms with Gasteiger partial charge in [0.15, 0.2) is 0 Å². The molecule has 2 N–H and O–H groups in total. The standard InChI is InChI=1S/C18H24N4O.ClH/c1-14-13-16(7-10-19-14)18(23)21-17-8-11-20-22(17)12-9-15-5-3-2-4-6-15;/h2-6,8,11,14,16,19H,7,9-10,12-13H2,1H3,(H,21,23);1H/t14-,16-;/m0./s1.